The summed E-state index contributed by atoms with van der Waals surface area (Å²) in [6, 6.07) is 7.84. The normalized spacial score (nSPS) is 10.3. The molecule has 7 heteroatoms. The zero-order valence-electron chi connectivity index (χ0n) is 11.7. The summed E-state index contributed by atoms with van der Waals surface area (Å²) in [4.78, 5) is 15.7. The van der Waals surface area contributed by atoms with Crippen LogP contribution in [0, 0.1) is 0 Å². The highest BCUT2D eigenvalue weighted by Gasteiger charge is 2.05. The number of anilines is 1. The first-order valence-corrected chi connectivity index (χ1v) is 8.21. The molecule has 5 nitrogen and oxygen atoms in total. The Labute approximate surface area is 131 Å². The zero-order chi connectivity index (χ0) is 15.1. The van der Waals surface area contributed by atoms with E-state index in [-0.39, 0.29) is 5.91 Å². The highest BCUT2D eigenvalue weighted by atomic mass is 32.2. The predicted molar refractivity (Wildman–Crippen MR) is 87.0 cm³/mol. The Kier molecular flexibility index (Phi) is 5.89. The van der Waals surface area contributed by atoms with Crippen molar-refractivity contribution in [2.75, 3.05) is 25.1 Å². The van der Waals surface area contributed by atoms with Gasteiger partial charge in [-0.25, -0.2) is 4.98 Å². The lowest BCUT2D eigenvalue weighted by Gasteiger charge is -2.05. The van der Waals surface area contributed by atoms with Crippen LogP contribution in [0.3, 0.4) is 0 Å². The molecule has 21 heavy (non-hydrogen) atoms. The molecular weight excluding hydrogens is 306 g/mol. The molecule has 1 aromatic carbocycles. The molecule has 2 aromatic rings. The Bertz CT molecular complexity index is 584. The van der Waals surface area contributed by atoms with Crippen LogP contribution in [0.25, 0.3) is 0 Å². The van der Waals surface area contributed by atoms with Crippen LogP contribution in [-0.4, -0.2) is 30.3 Å². The SMILES string of the molecule is COc1ccc(CCNC(=O)CSc2cnc(N)s2)cc1. The monoisotopic (exact) mass is 323 g/mol. The standard InChI is InChI=1S/C14H17N3O2S2/c1-19-11-4-2-10(3-5-11)6-7-16-12(18)9-20-13-8-17-14(15)21-13/h2-5,8H,6-7,9H2,1H3,(H2,15,17)(H,16,18). The lowest BCUT2D eigenvalue weighted by molar-refractivity contribution is -0.118. The van der Waals surface area contributed by atoms with E-state index in [0.29, 0.717) is 17.4 Å². The maximum Gasteiger partial charge on any atom is 0.230 e. The molecule has 0 aliphatic carbocycles. The molecule has 2 rings (SSSR count). The van der Waals surface area contributed by atoms with Crippen molar-refractivity contribution >= 4 is 34.1 Å². The number of methoxy groups -OCH3 is 1. The summed E-state index contributed by atoms with van der Waals surface area (Å²) in [7, 11) is 1.64. The molecule has 3 N–H and O–H groups in total. The number of thioether (sulfide) groups is 1. The summed E-state index contributed by atoms with van der Waals surface area (Å²) < 4.78 is 6.06. The molecule has 0 saturated carbocycles. The van der Waals surface area contributed by atoms with Crippen molar-refractivity contribution in [3.05, 3.63) is 36.0 Å². The molecule has 0 fully saturated rings. The number of carbonyl (C=O) groups excluding carboxylic acids is 1. The van der Waals surface area contributed by atoms with Crippen LogP contribution in [-0.2, 0) is 11.2 Å². The summed E-state index contributed by atoms with van der Waals surface area (Å²) in [5, 5.41) is 3.42. The van der Waals surface area contributed by atoms with E-state index in [1.165, 1.54) is 28.7 Å². The Morgan fingerprint density at radius 3 is 2.81 bits per heavy atom. The maximum absolute atomic E-state index is 11.7. The van der Waals surface area contributed by atoms with E-state index >= 15 is 0 Å². The van der Waals surface area contributed by atoms with Gasteiger partial charge >= 0.3 is 0 Å². The minimum Gasteiger partial charge on any atom is -0.497 e. The molecule has 1 heterocycles. The minimum absolute atomic E-state index is 0.0143. The van der Waals surface area contributed by atoms with Crippen LogP contribution < -0.4 is 15.8 Å². The van der Waals surface area contributed by atoms with Crippen molar-refractivity contribution in [1.82, 2.24) is 10.3 Å². The number of carbonyl (C=O) groups is 1. The average Bonchev–Trinajstić information content (AvgIpc) is 2.91. The first kappa shape index (κ1) is 15.7. The van der Waals surface area contributed by atoms with Crippen LogP contribution >= 0.6 is 23.1 Å². The first-order chi connectivity index (χ1) is 10.2. The van der Waals surface area contributed by atoms with E-state index in [0.717, 1.165) is 16.4 Å². The highest BCUT2D eigenvalue weighted by molar-refractivity contribution is 8.01. The topological polar surface area (TPSA) is 77.2 Å². The van der Waals surface area contributed by atoms with E-state index in [1.54, 1.807) is 13.3 Å². The third-order valence-electron chi connectivity index (χ3n) is 2.74. The van der Waals surface area contributed by atoms with E-state index in [4.69, 9.17) is 10.5 Å². The molecule has 0 aliphatic heterocycles. The molecule has 1 aromatic heterocycles. The highest BCUT2D eigenvalue weighted by Crippen LogP contribution is 2.25. The summed E-state index contributed by atoms with van der Waals surface area (Å²) in [6.45, 7) is 0.622. The number of nitrogen functional groups attached to an aromatic ring is 1. The Morgan fingerprint density at radius 2 is 2.19 bits per heavy atom. The van der Waals surface area contributed by atoms with Crippen LogP contribution in [0.2, 0.25) is 0 Å². The van der Waals surface area contributed by atoms with Gasteiger partial charge in [0.2, 0.25) is 5.91 Å². The summed E-state index contributed by atoms with van der Waals surface area (Å²) >= 11 is 2.84. The summed E-state index contributed by atoms with van der Waals surface area (Å²) in [5.41, 5.74) is 6.70. The van der Waals surface area contributed by atoms with Gasteiger partial charge in [0.15, 0.2) is 5.13 Å². The zero-order valence-corrected chi connectivity index (χ0v) is 13.3. The number of amides is 1. The molecular formula is C14H17N3O2S2. The third kappa shape index (κ3) is 5.28. The van der Waals surface area contributed by atoms with Gasteiger partial charge in [0.05, 0.1) is 23.3 Å². The van der Waals surface area contributed by atoms with Crippen LogP contribution in [0.15, 0.2) is 34.7 Å². The van der Waals surface area contributed by atoms with Crippen molar-refractivity contribution in [2.45, 2.75) is 10.6 Å². The fraction of sp³-hybridized carbons (Fsp3) is 0.286. The molecule has 0 unspecified atom stereocenters. The first-order valence-electron chi connectivity index (χ1n) is 6.41. The molecule has 1 amide bonds. The molecule has 0 spiro atoms. The van der Waals surface area contributed by atoms with Gasteiger partial charge in [0, 0.05) is 6.54 Å². The summed E-state index contributed by atoms with van der Waals surface area (Å²) in [6.07, 6.45) is 2.49. The molecule has 0 saturated heterocycles. The fourth-order valence-electron chi connectivity index (χ4n) is 1.66. The van der Waals surface area contributed by atoms with Crippen molar-refractivity contribution in [3.8, 4) is 5.75 Å². The van der Waals surface area contributed by atoms with Crippen LogP contribution in [0.5, 0.6) is 5.75 Å². The number of thiazole rings is 1. The minimum atomic E-state index is 0.0143. The van der Waals surface area contributed by atoms with E-state index in [2.05, 4.69) is 10.3 Å². The van der Waals surface area contributed by atoms with Gasteiger partial charge in [-0.3, -0.25) is 4.79 Å². The quantitative estimate of drug-likeness (QED) is 0.764. The van der Waals surface area contributed by atoms with E-state index in [9.17, 15) is 4.79 Å². The Hall–Kier alpha value is -1.73. The van der Waals surface area contributed by atoms with Gasteiger partial charge in [-0.15, -0.1) is 11.8 Å². The van der Waals surface area contributed by atoms with Crippen molar-refractivity contribution < 1.29 is 9.53 Å². The van der Waals surface area contributed by atoms with Crippen molar-refractivity contribution in [2.24, 2.45) is 0 Å². The van der Waals surface area contributed by atoms with Gasteiger partial charge in [-0.1, -0.05) is 23.5 Å². The van der Waals surface area contributed by atoms with E-state index in [1.807, 2.05) is 24.3 Å². The lowest BCUT2D eigenvalue weighted by atomic mass is 10.1. The molecule has 0 aliphatic rings. The van der Waals surface area contributed by atoms with Gasteiger partial charge < -0.3 is 15.8 Å². The predicted octanol–water partition coefficient (Wildman–Crippen LogP) is 2.18. The molecule has 112 valence electrons. The van der Waals surface area contributed by atoms with Gasteiger partial charge in [-0.05, 0) is 24.1 Å². The van der Waals surface area contributed by atoms with Crippen molar-refractivity contribution in [3.63, 3.8) is 0 Å². The third-order valence-corrected chi connectivity index (χ3v) is 4.76. The second-order valence-electron chi connectivity index (χ2n) is 4.25. The number of nitrogens with one attached hydrogen (secondary N) is 1. The second kappa shape index (κ2) is 7.90. The number of benzene rings is 1. The van der Waals surface area contributed by atoms with Crippen LogP contribution in [0.4, 0.5) is 5.13 Å². The Balaban J connectivity index is 1.66. The maximum atomic E-state index is 11.7. The largest absolute Gasteiger partial charge is 0.497 e. The van der Waals surface area contributed by atoms with Gasteiger partial charge in [0.1, 0.15) is 5.75 Å². The number of nitrogens with two attached hydrogens (primary N) is 1. The van der Waals surface area contributed by atoms with Gasteiger partial charge in [-0.2, -0.15) is 0 Å². The fourth-order valence-corrected chi connectivity index (χ4v) is 3.25. The number of aromatic nitrogens is 1. The number of ether oxygens (including phenoxy) is 1. The van der Waals surface area contributed by atoms with E-state index < -0.39 is 0 Å². The molecule has 0 bridgehead atoms. The number of hydrogen-bond donors (Lipinski definition) is 2. The van der Waals surface area contributed by atoms with Gasteiger partial charge in [0.25, 0.3) is 0 Å². The average molecular weight is 323 g/mol. The van der Waals surface area contributed by atoms with Crippen molar-refractivity contribution in [1.29, 1.82) is 0 Å². The smallest absolute Gasteiger partial charge is 0.230 e. The molecule has 0 atom stereocenters. The van der Waals surface area contributed by atoms with Crippen LogP contribution in [0.1, 0.15) is 5.56 Å². The number of rotatable bonds is 7. The summed E-state index contributed by atoms with van der Waals surface area (Å²) in [5.74, 6) is 1.23. The number of nitrogens with zero attached hydrogens (tertiary/aromatic N) is 1. The molecule has 0 radical (unpaired) electrons. The number of hydrogen-bond acceptors (Lipinski definition) is 6. The lowest BCUT2D eigenvalue weighted by Crippen LogP contribution is -2.27. The Morgan fingerprint density at radius 1 is 1.43 bits per heavy atom. The second-order valence-corrected chi connectivity index (χ2v) is 6.59.